The van der Waals surface area contributed by atoms with Gasteiger partial charge in [-0.25, -0.2) is 9.59 Å². The average molecular weight is 352 g/mol. The van der Waals surface area contributed by atoms with Crippen LogP contribution in [0.3, 0.4) is 0 Å². The van der Waals surface area contributed by atoms with Crippen LogP contribution < -0.4 is 15.1 Å². The molecule has 0 fully saturated rings. The first-order chi connectivity index (χ1) is 12.7. The number of hydrogen-bond acceptors (Lipinski definition) is 5. The van der Waals surface area contributed by atoms with Crippen LogP contribution in [-0.2, 0) is 0 Å². The molecule has 0 radical (unpaired) electrons. The van der Waals surface area contributed by atoms with Crippen molar-refractivity contribution in [3.63, 3.8) is 0 Å². The molecule has 0 aliphatic heterocycles. The monoisotopic (exact) mass is 352 g/mol. The van der Waals surface area contributed by atoms with Gasteiger partial charge in [0.2, 0.25) is 0 Å². The SMILES string of the molecule is CCCCCOc1ccc(C(=O)Oc2ccc3oc(=O)ccc3c2)cc1. The molecule has 5 nitrogen and oxygen atoms in total. The normalized spacial score (nSPS) is 10.7. The Labute approximate surface area is 151 Å². The van der Waals surface area contributed by atoms with E-state index in [1.165, 1.54) is 6.07 Å². The van der Waals surface area contributed by atoms with Crippen molar-refractivity contribution in [2.45, 2.75) is 26.2 Å². The molecule has 0 saturated carbocycles. The van der Waals surface area contributed by atoms with Crippen LogP contribution in [0.1, 0.15) is 36.5 Å². The molecule has 5 heteroatoms. The molecule has 0 saturated heterocycles. The third-order valence-corrected chi connectivity index (χ3v) is 3.91. The highest BCUT2D eigenvalue weighted by Gasteiger charge is 2.10. The number of unbranched alkanes of at least 4 members (excludes halogenated alkanes) is 2. The summed E-state index contributed by atoms with van der Waals surface area (Å²) in [6.45, 7) is 2.82. The zero-order chi connectivity index (χ0) is 18.4. The van der Waals surface area contributed by atoms with E-state index in [0.717, 1.165) is 25.0 Å². The molecule has 0 aliphatic rings. The molecule has 0 atom stereocenters. The Morgan fingerprint density at radius 2 is 1.73 bits per heavy atom. The second kappa shape index (κ2) is 8.34. The van der Waals surface area contributed by atoms with Crippen molar-refractivity contribution < 1.29 is 18.7 Å². The fourth-order valence-corrected chi connectivity index (χ4v) is 2.51. The van der Waals surface area contributed by atoms with Crippen molar-refractivity contribution in [1.29, 1.82) is 0 Å². The van der Waals surface area contributed by atoms with Crippen molar-refractivity contribution in [1.82, 2.24) is 0 Å². The predicted molar refractivity (Wildman–Crippen MR) is 98.9 cm³/mol. The van der Waals surface area contributed by atoms with Crippen LogP contribution in [0.4, 0.5) is 0 Å². The van der Waals surface area contributed by atoms with Crippen molar-refractivity contribution in [2.75, 3.05) is 6.61 Å². The first-order valence-electron chi connectivity index (χ1n) is 8.64. The summed E-state index contributed by atoms with van der Waals surface area (Å²) in [6.07, 6.45) is 3.30. The maximum atomic E-state index is 12.3. The number of ether oxygens (including phenoxy) is 2. The lowest BCUT2D eigenvalue weighted by atomic mass is 10.2. The lowest BCUT2D eigenvalue weighted by Gasteiger charge is -2.08. The molecule has 1 heterocycles. The molecule has 0 N–H and O–H groups in total. The number of carbonyl (C=O) groups is 1. The summed E-state index contributed by atoms with van der Waals surface area (Å²) in [6, 6.07) is 14.7. The maximum absolute atomic E-state index is 12.3. The van der Waals surface area contributed by atoms with Gasteiger partial charge in [-0.05, 0) is 55.0 Å². The molecule has 0 aliphatic carbocycles. The van der Waals surface area contributed by atoms with Crippen LogP contribution in [-0.4, -0.2) is 12.6 Å². The third kappa shape index (κ3) is 4.51. The molecule has 3 rings (SSSR count). The largest absolute Gasteiger partial charge is 0.494 e. The summed E-state index contributed by atoms with van der Waals surface area (Å²) in [4.78, 5) is 23.5. The highest BCUT2D eigenvalue weighted by atomic mass is 16.5. The van der Waals surface area contributed by atoms with Crippen LogP contribution in [0.25, 0.3) is 11.0 Å². The fourth-order valence-electron chi connectivity index (χ4n) is 2.51. The van der Waals surface area contributed by atoms with Gasteiger partial charge in [-0.15, -0.1) is 0 Å². The Morgan fingerprint density at radius 3 is 2.50 bits per heavy atom. The molecule has 0 spiro atoms. The summed E-state index contributed by atoms with van der Waals surface area (Å²) in [7, 11) is 0. The van der Waals surface area contributed by atoms with Crippen LogP contribution >= 0.6 is 0 Å². The zero-order valence-corrected chi connectivity index (χ0v) is 14.6. The first-order valence-corrected chi connectivity index (χ1v) is 8.64. The van der Waals surface area contributed by atoms with Crippen molar-refractivity contribution in [2.24, 2.45) is 0 Å². The summed E-state index contributed by atoms with van der Waals surface area (Å²) >= 11 is 0. The van der Waals surface area contributed by atoms with Crippen LogP contribution in [0, 0.1) is 0 Å². The molecular weight excluding hydrogens is 332 g/mol. The van der Waals surface area contributed by atoms with Gasteiger partial charge in [0.1, 0.15) is 17.1 Å². The molecule has 26 heavy (non-hydrogen) atoms. The van der Waals surface area contributed by atoms with E-state index in [9.17, 15) is 9.59 Å². The Morgan fingerprint density at radius 1 is 0.962 bits per heavy atom. The van der Waals surface area contributed by atoms with Gasteiger partial charge in [0.15, 0.2) is 0 Å². The minimum absolute atomic E-state index is 0.385. The zero-order valence-electron chi connectivity index (χ0n) is 14.6. The van der Waals surface area contributed by atoms with E-state index >= 15 is 0 Å². The van der Waals surface area contributed by atoms with Crippen LogP contribution in [0.15, 0.2) is 63.8 Å². The Hall–Kier alpha value is -3.08. The van der Waals surface area contributed by atoms with Gasteiger partial charge in [-0.2, -0.15) is 0 Å². The van der Waals surface area contributed by atoms with Gasteiger partial charge in [-0.1, -0.05) is 19.8 Å². The van der Waals surface area contributed by atoms with E-state index in [1.807, 2.05) is 0 Å². The summed E-state index contributed by atoms with van der Waals surface area (Å²) < 4.78 is 16.1. The van der Waals surface area contributed by atoms with E-state index in [0.29, 0.717) is 28.9 Å². The van der Waals surface area contributed by atoms with Crippen molar-refractivity contribution >= 4 is 16.9 Å². The molecule has 1 aromatic heterocycles. The number of rotatable bonds is 7. The van der Waals surface area contributed by atoms with Gasteiger partial charge >= 0.3 is 11.6 Å². The van der Waals surface area contributed by atoms with Crippen molar-refractivity contribution in [3.05, 3.63) is 70.6 Å². The molecular formula is C21H20O5. The van der Waals surface area contributed by atoms with Gasteiger partial charge in [-0.3, -0.25) is 0 Å². The Bertz CT molecular complexity index is 941. The highest BCUT2D eigenvalue weighted by Crippen LogP contribution is 2.21. The van der Waals surface area contributed by atoms with E-state index in [-0.39, 0.29) is 0 Å². The predicted octanol–water partition coefficient (Wildman–Crippen LogP) is 4.58. The summed E-state index contributed by atoms with van der Waals surface area (Å²) in [5.74, 6) is 0.661. The van der Waals surface area contributed by atoms with Gasteiger partial charge in [0, 0.05) is 11.5 Å². The quantitative estimate of drug-likeness (QED) is 0.269. The molecule has 0 unspecified atom stereocenters. The molecule has 134 valence electrons. The highest BCUT2D eigenvalue weighted by molar-refractivity contribution is 5.91. The summed E-state index contributed by atoms with van der Waals surface area (Å²) in [5, 5.41) is 0.686. The number of carbonyl (C=O) groups excluding carboxylic acids is 1. The van der Waals surface area contributed by atoms with Crippen molar-refractivity contribution in [3.8, 4) is 11.5 Å². The number of fused-ring (bicyclic) bond motifs is 1. The maximum Gasteiger partial charge on any atom is 0.343 e. The van der Waals surface area contributed by atoms with Gasteiger partial charge in [0.05, 0.1) is 12.2 Å². The lowest BCUT2D eigenvalue weighted by Crippen LogP contribution is -2.08. The minimum Gasteiger partial charge on any atom is -0.494 e. The Balaban J connectivity index is 1.64. The number of benzene rings is 2. The molecule has 3 aromatic rings. The number of esters is 1. The van der Waals surface area contributed by atoms with E-state index < -0.39 is 11.6 Å². The molecule has 0 amide bonds. The van der Waals surface area contributed by atoms with Crippen LogP contribution in [0.2, 0.25) is 0 Å². The Kier molecular flexibility index (Phi) is 5.69. The van der Waals surface area contributed by atoms with E-state index in [2.05, 4.69) is 6.92 Å². The molecule has 0 bridgehead atoms. The van der Waals surface area contributed by atoms with E-state index in [4.69, 9.17) is 13.9 Å². The first kappa shape index (κ1) is 17.7. The van der Waals surface area contributed by atoms with E-state index in [1.54, 1.807) is 48.5 Å². The average Bonchev–Trinajstić information content (AvgIpc) is 2.66. The second-order valence-corrected chi connectivity index (χ2v) is 5.92. The van der Waals surface area contributed by atoms with Crippen LogP contribution in [0.5, 0.6) is 11.5 Å². The minimum atomic E-state index is -0.459. The summed E-state index contributed by atoms with van der Waals surface area (Å²) in [5.41, 5.74) is 0.465. The number of hydrogen-bond donors (Lipinski definition) is 0. The second-order valence-electron chi connectivity index (χ2n) is 5.92. The topological polar surface area (TPSA) is 65.7 Å². The van der Waals surface area contributed by atoms with Gasteiger partial charge in [0.25, 0.3) is 0 Å². The van der Waals surface area contributed by atoms with Gasteiger partial charge < -0.3 is 13.9 Å². The lowest BCUT2D eigenvalue weighted by molar-refractivity contribution is 0.0735. The molecule has 2 aromatic carbocycles. The third-order valence-electron chi connectivity index (χ3n) is 3.91. The smallest absolute Gasteiger partial charge is 0.343 e. The standard InChI is InChI=1S/C21H20O5/c1-2-3-4-13-24-17-8-5-15(6-9-17)21(23)25-18-10-11-19-16(14-18)7-12-20(22)26-19/h5-12,14H,2-4,13H2,1H3. The fraction of sp³-hybridized carbons (Fsp3) is 0.238.